The summed E-state index contributed by atoms with van der Waals surface area (Å²) in [5, 5.41) is 1.44. The molecule has 0 saturated heterocycles. The summed E-state index contributed by atoms with van der Waals surface area (Å²) in [6.07, 6.45) is -0.112. The second-order valence-electron chi connectivity index (χ2n) is 5.50. The van der Waals surface area contributed by atoms with Gasteiger partial charge in [-0.15, -0.1) is 11.3 Å². The van der Waals surface area contributed by atoms with Crippen molar-refractivity contribution in [2.45, 2.75) is 16.6 Å². The van der Waals surface area contributed by atoms with E-state index in [0.717, 1.165) is 0 Å². The Hall–Kier alpha value is -1.95. The number of carbonyl (C=O) groups excluding carboxylic acids is 1. The lowest BCUT2D eigenvalue weighted by atomic mass is 10.1. The third-order valence-electron chi connectivity index (χ3n) is 3.84. The molecule has 0 aliphatic rings. The van der Waals surface area contributed by atoms with Gasteiger partial charge in [-0.05, 0) is 47.8 Å². The third-order valence-corrected chi connectivity index (χ3v) is 7.33. The summed E-state index contributed by atoms with van der Waals surface area (Å²) in [7, 11) is -3.67. The van der Waals surface area contributed by atoms with E-state index in [0.29, 0.717) is 15.5 Å². The van der Waals surface area contributed by atoms with Crippen LogP contribution in [0.3, 0.4) is 0 Å². The van der Waals surface area contributed by atoms with Crippen LogP contribution in [0.4, 0.5) is 0 Å². The minimum Gasteiger partial charge on any atom is -0.294 e. The van der Waals surface area contributed by atoms with Gasteiger partial charge >= 0.3 is 0 Å². The van der Waals surface area contributed by atoms with Gasteiger partial charge in [0.05, 0.1) is 4.90 Å². The molecule has 0 aliphatic heterocycles. The predicted molar refractivity (Wildman–Crippen MR) is 101 cm³/mol. The van der Waals surface area contributed by atoms with Crippen molar-refractivity contribution in [2.24, 2.45) is 0 Å². The first-order valence-electron chi connectivity index (χ1n) is 7.59. The van der Waals surface area contributed by atoms with Gasteiger partial charge in [0, 0.05) is 21.9 Å². The molecule has 0 amide bonds. The fourth-order valence-electron chi connectivity index (χ4n) is 2.53. The summed E-state index contributed by atoms with van der Waals surface area (Å²) in [6, 6.07) is 18.3. The van der Waals surface area contributed by atoms with E-state index in [2.05, 4.69) is 0 Å². The summed E-state index contributed by atoms with van der Waals surface area (Å²) in [6.45, 7) is 0. The van der Waals surface area contributed by atoms with Crippen LogP contribution in [0.2, 0.25) is 5.02 Å². The molecule has 6 heteroatoms. The van der Waals surface area contributed by atoms with Gasteiger partial charge in [0.2, 0.25) is 0 Å². The van der Waals surface area contributed by atoms with Crippen LogP contribution in [0, 0.1) is 0 Å². The molecule has 0 saturated carbocycles. The molecular weight excluding hydrogens is 376 g/mol. The van der Waals surface area contributed by atoms with E-state index in [1.807, 2.05) is 5.38 Å². The van der Waals surface area contributed by atoms with E-state index in [1.165, 1.54) is 11.3 Å². The molecule has 2 aromatic carbocycles. The van der Waals surface area contributed by atoms with Gasteiger partial charge in [0.1, 0.15) is 5.25 Å². The molecule has 128 valence electrons. The number of sulfone groups is 1. The Labute approximate surface area is 155 Å². The van der Waals surface area contributed by atoms with E-state index in [1.54, 1.807) is 66.7 Å². The van der Waals surface area contributed by atoms with Crippen molar-refractivity contribution in [1.82, 2.24) is 0 Å². The molecule has 1 heterocycles. The maximum absolute atomic E-state index is 13.1. The van der Waals surface area contributed by atoms with Gasteiger partial charge in [-0.1, -0.05) is 35.9 Å². The number of Topliss-reactive ketones (excluding diaryl/α,β-unsaturated/α-hetero) is 1. The molecule has 0 radical (unpaired) electrons. The predicted octanol–water partition coefficient (Wildman–Crippen LogP) is 5.19. The van der Waals surface area contributed by atoms with Crippen molar-refractivity contribution >= 4 is 38.6 Å². The third kappa shape index (κ3) is 4.00. The number of halogens is 1. The molecule has 0 bridgehead atoms. The van der Waals surface area contributed by atoms with Crippen molar-refractivity contribution in [3.05, 3.63) is 87.6 Å². The Bertz CT molecular complexity index is 948. The van der Waals surface area contributed by atoms with Crippen molar-refractivity contribution in [2.75, 3.05) is 0 Å². The first kappa shape index (κ1) is 17.9. The highest BCUT2D eigenvalue weighted by Crippen LogP contribution is 2.35. The Morgan fingerprint density at radius 3 is 2.24 bits per heavy atom. The van der Waals surface area contributed by atoms with Crippen LogP contribution in [0.1, 0.15) is 26.9 Å². The second-order valence-corrected chi connectivity index (χ2v) is 9.04. The Morgan fingerprint density at radius 1 is 0.960 bits per heavy atom. The lowest BCUT2D eigenvalue weighted by Gasteiger charge is -2.16. The van der Waals surface area contributed by atoms with Gasteiger partial charge in [-0.25, -0.2) is 8.42 Å². The van der Waals surface area contributed by atoms with Crippen molar-refractivity contribution in [3.8, 4) is 0 Å². The average Bonchev–Trinajstić information content (AvgIpc) is 3.15. The summed E-state index contributed by atoms with van der Waals surface area (Å²) in [5.41, 5.74) is 0.453. The molecule has 3 nitrogen and oxygen atoms in total. The molecule has 0 spiro atoms. The highest BCUT2D eigenvalue weighted by molar-refractivity contribution is 7.91. The number of hydrogen-bond donors (Lipinski definition) is 0. The quantitative estimate of drug-likeness (QED) is 0.544. The molecule has 0 N–H and O–H groups in total. The number of benzene rings is 2. The zero-order chi connectivity index (χ0) is 17.9. The topological polar surface area (TPSA) is 51.2 Å². The minimum atomic E-state index is -3.67. The number of rotatable bonds is 6. The van der Waals surface area contributed by atoms with E-state index in [4.69, 9.17) is 11.6 Å². The minimum absolute atomic E-state index is 0.112. The van der Waals surface area contributed by atoms with Gasteiger partial charge in [0.15, 0.2) is 15.6 Å². The first-order valence-corrected chi connectivity index (χ1v) is 10.4. The second kappa shape index (κ2) is 7.52. The molecule has 0 fully saturated rings. The SMILES string of the molecule is O=C(C[C@@H](c1cccs1)S(=O)(=O)c1ccccc1)c1ccc(Cl)cc1. The summed E-state index contributed by atoms with van der Waals surface area (Å²) in [5.74, 6) is -0.227. The number of hydrogen-bond acceptors (Lipinski definition) is 4. The van der Waals surface area contributed by atoms with Crippen molar-refractivity contribution in [3.63, 3.8) is 0 Å². The van der Waals surface area contributed by atoms with Gasteiger partial charge in [-0.3, -0.25) is 4.79 Å². The maximum Gasteiger partial charge on any atom is 0.186 e. The van der Waals surface area contributed by atoms with Crippen LogP contribution in [-0.2, 0) is 9.84 Å². The number of thiophene rings is 1. The van der Waals surface area contributed by atoms with Crippen molar-refractivity contribution in [1.29, 1.82) is 0 Å². The van der Waals surface area contributed by atoms with E-state index >= 15 is 0 Å². The van der Waals surface area contributed by atoms with Crippen LogP contribution in [0.15, 0.2) is 77.0 Å². The van der Waals surface area contributed by atoms with E-state index < -0.39 is 15.1 Å². The van der Waals surface area contributed by atoms with Gasteiger partial charge in [0.25, 0.3) is 0 Å². The van der Waals surface area contributed by atoms with Crippen LogP contribution >= 0.6 is 22.9 Å². The normalized spacial score (nSPS) is 12.7. The lowest BCUT2D eigenvalue weighted by molar-refractivity contribution is 0.0981. The van der Waals surface area contributed by atoms with Crippen molar-refractivity contribution < 1.29 is 13.2 Å². The molecule has 3 aromatic rings. The summed E-state index contributed by atoms with van der Waals surface area (Å²) in [4.78, 5) is 13.5. The zero-order valence-electron chi connectivity index (χ0n) is 13.1. The number of carbonyl (C=O) groups is 1. The first-order chi connectivity index (χ1) is 12.0. The lowest BCUT2D eigenvalue weighted by Crippen LogP contribution is -2.17. The molecule has 0 unspecified atom stereocenters. The van der Waals surface area contributed by atoms with Gasteiger partial charge in [-0.2, -0.15) is 0 Å². The molecule has 1 atom stereocenters. The van der Waals surface area contributed by atoms with E-state index in [9.17, 15) is 13.2 Å². The average molecular weight is 391 g/mol. The fraction of sp³-hybridized carbons (Fsp3) is 0.105. The maximum atomic E-state index is 13.1. The van der Waals surface area contributed by atoms with Crippen LogP contribution in [0.5, 0.6) is 0 Å². The van der Waals surface area contributed by atoms with Crippen LogP contribution in [-0.4, -0.2) is 14.2 Å². The smallest absolute Gasteiger partial charge is 0.186 e. The Morgan fingerprint density at radius 2 is 1.64 bits per heavy atom. The molecular formula is C19H15ClO3S2. The molecule has 3 rings (SSSR count). The van der Waals surface area contributed by atoms with Gasteiger partial charge < -0.3 is 0 Å². The summed E-state index contributed by atoms with van der Waals surface area (Å²) < 4.78 is 26.2. The van der Waals surface area contributed by atoms with Crippen LogP contribution < -0.4 is 0 Å². The molecule has 1 aromatic heterocycles. The largest absolute Gasteiger partial charge is 0.294 e. The number of ketones is 1. The highest BCUT2D eigenvalue weighted by Gasteiger charge is 2.32. The fourth-order valence-corrected chi connectivity index (χ4v) is 5.53. The highest BCUT2D eigenvalue weighted by atomic mass is 35.5. The Kier molecular flexibility index (Phi) is 5.37. The monoisotopic (exact) mass is 390 g/mol. The zero-order valence-corrected chi connectivity index (χ0v) is 15.5. The summed E-state index contributed by atoms with van der Waals surface area (Å²) >= 11 is 7.19. The Balaban J connectivity index is 1.96. The van der Waals surface area contributed by atoms with Crippen LogP contribution in [0.25, 0.3) is 0 Å². The molecule has 0 aliphatic carbocycles. The molecule has 25 heavy (non-hydrogen) atoms. The van der Waals surface area contributed by atoms with E-state index in [-0.39, 0.29) is 17.1 Å². The standard InChI is InChI=1S/C19H15ClO3S2/c20-15-10-8-14(9-11-15)17(21)13-19(18-7-4-12-24-18)25(22,23)16-5-2-1-3-6-16/h1-12,19H,13H2/t19-/m0/s1.